The van der Waals surface area contributed by atoms with Crippen LogP contribution in [0.1, 0.15) is 16.1 Å². The maximum atomic E-state index is 12.1. The van der Waals surface area contributed by atoms with Crippen molar-refractivity contribution < 1.29 is 9.53 Å². The Bertz CT molecular complexity index is 597. The molecule has 2 N–H and O–H groups in total. The van der Waals surface area contributed by atoms with Crippen molar-refractivity contribution in [3.05, 3.63) is 46.4 Å². The number of nitrogens with one attached hydrogen (secondary N) is 2. The van der Waals surface area contributed by atoms with Gasteiger partial charge in [-0.25, -0.2) is 4.98 Å². The van der Waals surface area contributed by atoms with Crippen LogP contribution in [0.25, 0.3) is 0 Å². The van der Waals surface area contributed by atoms with Crippen LogP contribution in [0.4, 0.5) is 0 Å². The van der Waals surface area contributed by atoms with Gasteiger partial charge < -0.3 is 15.4 Å². The Hall–Kier alpha value is -1.92. The predicted octanol–water partition coefficient (Wildman–Crippen LogP) is 1.67. The molecule has 0 spiro atoms. The van der Waals surface area contributed by atoms with Crippen LogP contribution < -0.4 is 15.4 Å². The molecule has 110 valence electrons. The van der Waals surface area contributed by atoms with E-state index in [0.717, 1.165) is 25.3 Å². The summed E-state index contributed by atoms with van der Waals surface area (Å²) in [4.78, 5) is 16.2. The Labute approximate surface area is 127 Å². The summed E-state index contributed by atoms with van der Waals surface area (Å²) >= 11 is 1.54. The third-order valence-electron chi connectivity index (χ3n) is 3.38. The molecule has 0 atom stereocenters. The molecule has 1 aliphatic heterocycles. The van der Waals surface area contributed by atoms with Crippen LogP contribution in [0, 0.1) is 5.92 Å². The van der Waals surface area contributed by atoms with E-state index in [1.807, 2.05) is 17.5 Å². The summed E-state index contributed by atoms with van der Waals surface area (Å²) in [5.74, 6) is 1.18. The molecule has 0 unspecified atom stereocenters. The number of rotatable bonds is 6. The minimum Gasteiger partial charge on any atom is -0.487 e. The highest BCUT2D eigenvalue weighted by Gasteiger charge is 2.17. The average molecular weight is 303 g/mol. The zero-order valence-electron chi connectivity index (χ0n) is 11.5. The lowest BCUT2D eigenvalue weighted by atomic mass is 10.0. The van der Waals surface area contributed by atoms with Crippen molar-refractivity contribution >= 4 is 17.2 Å². The van der Waals surface area contributed by atoms with Gasteiger partial charge in [0.2, 0.25) is 0 Å². The van der Waals surface area contributed by atoms with Gasteiger partial charge in [0, 0.05) is 36.5 Å². The Kier molecular flexibility index (Phi) is 4.47. The SMILES string of the molecule is O=C(NCC1CNC1)c1cccc(OCc2cscn2)c1. The lowest BCUT2D eigenvalue weighted by Gasteiger charge is -2.27. The van der Waals surface area contributed by atoms with Crippen LogP contribution >= 0.6 is 11.3 Å². The average Bonchev–Trinajstić information content (AvgIpc) is 2.97. The van der Waals surface area contributed by atoms with Gasteiger partial charge in [0.1, 0.15) is 12.4 Å². The molecule has 1 saturated heterocycles. The Morgan fingerprint density at radius 2 is 2.38 bits per heavy atom. The fraction of sp³-hybridized carbons (Fsp3) is 0.333. The molecular formula is C15H17N3O2S. The maximum absolute atomic E-state index is 12.1. The molecular weight excluding hydrogens is 286 g/mol. The van der Waals surface area contributed by atoms with E-state index in [1.54, 1.807) is 17.6 Å². The first-order chi connectivity index (χ1) is 10.3. The summed E-state index contributed by atoms with van der Waals surface area (Å²) in [6.45, 7) is 3.10. The van der Waals surface area contributed by atoms with Crippen molar-refractivity contribution in [1.29, 1.82) is 0 Å². The van der Waals surface area contributed by atoms with E-state index in [1.165, 1.54) is 11.3 Å². The van der Waals surface area contributed by atoms with Gasteiger partial charge in [0.15, 0.2) is 0 Å². The van der Waals surface area contributed by atoms with Crippen LogP contribution in [0.15, 0.2) is 35.2 Å². The highest BCUT2D eigenvalue weighted by atomic mass is 32.1. The summed E-state index contributed by atoms with van der Waals surface area (Å²) in [6, 6.07) is 7.24. The van der Waals surface area contributed by atoms with Crippen molar-refractivity contribution in [1.82, 2.24) is 15.6 Å². The molecule has 21 heavy (non-hydrogen) atoms. The summed E-state index contributed by atoms with van der Waals surface area (Å²) in [5, 5.41) is 8.09. The molecule has 2 heterocycles. The number of carbonyl (C=O) groups is 1. The molecule has 1 aromatic carbocycles. The number of benzene rings is 1. The Balaban J connectivity index is 1.55. The number of ether oxygens (including phenoxy) is 1. The van der Waals surface area contributed by atoms with Crippen molar-refractivity contribution in [3.63, 3.8) is 0 Å². The molecule has 0 saturated carbocycles. The third kappa shape index (κ3) is 3.80. The van der Waals surface area contributed by atoms with E-state index in [-0.39, 0.29) is 5.91 Å². The van der Waals surface area contributed by atoms with E-state index in [2.05, 4.69) is 15.6 Å². The number of thiazole rings is 1. The van der Waals surface area contributed by atoms with E-state index in [9.17, 15) is 4.79 Å². The van der Waals surface area contributed by atoms with Gasteiger partial charge in [-0.2, -0.15) is 0 Å². The first-order valence-corrected chi connectivity index (χ1v) is 7.84. The lowest BCUT2D eigenvalue weighted by Crippen LogP contribution is -2.48. The molecule has 2 aromatic rings. The normalized spacial score (nSPS) is 14.5. The fourth-order valence-corrected chi connectivity index (χ4v) is 2.57. The third-order valence-corrected chi connectivity index (χ3v) is 4.02. The summed E-state index contributed by atoms with van der Waals surface area (Å²) in [7, 11) is 0. The first-order valence-electron chi connectivity index (χ1n) is 6.90. The first kappa shape index (κ1) is 14.0. The molecule has 1 fully saturated rings. The number of aromatic nitrogens is 1. The van der Waals surface area contributed by atoms with E-state index < -0.39 is 0 Å². The topological polar surface area (TPSA) is 63.2 Å². The number of hydrogen-bond donors (Lipinski definition) is 2. The van der Waals surface area contributed by atoms with Crippen LogP contribution in [0.5, 0.6) is 5.75 Å². The zero-order chi connectivity index (χ0) is 14.5. The molecule has 6 heteroatoms. The van der Waals surface area contributed by atoms with E-state index in [4.69, 9.17) is 4.74 Å². The standard InChI is InChI=1S/C15H17N3O2S/c19-15(17-7-11-5-16-6-11)12-2-1-3-14(4-12)20-8-13-9-21-10-18-13/h1-4,9-11,16H,5-8H2,(H,17,19). The molecule has 1 aromatic heterocycles. The van der Waals surface area contributed by atoms with Crippen molar-refractivity contribution in [2.45, 2.75) is 6.61 Å². The number of amides is 1. The highest BCUT2D eigenvalue weighted by molar-refractivity contribution is 7.07. The molecule has 3 rings (SSSR count). The molecule has 5 nitrogen and oxygen atoms in total. The second-order valence-corrected chi connectivity index (χ2v) is 5.75. The number of nitrogens with zero attached hydrogens (tertiary/aromatic N) is 1. The zero-order valence-corrected chi connectivity index (χ0v) is 12.4. The minimum absolute atomic E-state index is 0.0546. The van der Waals surface area contributed by atoms with Gasteiger partial charge in [-0.05, 0) is 18.2 Å². The quantitative estimate of drug-likeness (QED) is 0.852. The molecule has 0 radical (unpaired) electrons. The van der Waals surface area contributed by atoms with Crippen LogP contribution in [-0.4, -0.2) is 30.5 Å². The minimum atomic E-state index is -0.0546. The van der Waals surface area contributed by atoms with Gasteiger partial charge in [-0.3, -0.25) is 4.79 Å². The fourth-order valence-electron chi connectivity index (χ4n) is 2.03. The predicted molar refractivity (Wildman–Crippen MR) is 81.6 cm³/mol. The second-order valence-electron chi connectivity index (χ2n) is 5.03. The second kappa shape index (κ2) is 6.69. The van der Waals surface area contributed by atoms with E-state index >= 15 is 0 Å². The number of hydrogen-bond acceptors (Lipinski definition) is 5. The van der Waals surface area contributed by atoms with Crippen molar-refractivity contribution in [3.8, 4) is 5.75 Å². The Morgan fingerprint density at radius 3 is 3.10 bits per heavy atom. The molecule has 0 bridgehead atoms. The summed E-state index contributed by atoms with van der Waals surface area (Å²) in [6.07, 6.45) is 0. The van der Waals surface area contributed by atoms with Gasteiger partial charge in [-0.15, -0.1) is 11.3 Å². The van der Waals surface area contributed by atoms with Gasteiger partial charge in [-0.1, -0.05) is 6.07 Å². The van der Waals surface area contributed by atoms with Gasteiger partial charge in [0.05, 0.1) is 11.2 Å². The molecule has 1 aliphatic rings. The van der Waals surface area contributed by atoms with Gasteiger partial charge in [0.25, 0.3) is 5.91 Å². The molecule has 0 aliphatic carbocycles. The molecule has 1 amide bonds. The smallest absolute Gasteiger partial charge is 0.251 e. The maximum Gasteiger partial charge on any atom is 0.251 e. The van der Waals surface area contributed by atoms with Crippen LogP contribution in [-0.2, 0) is 6.61 Å². The van der Waals surface area contributed by atoms with Crippen LogP contribution in [0.3, 0.4) is 0 Å². The summed E-state index contributed by atoms with van der Waals surface area (Å²) < 4.78 is 5.65. The van der Waals surface area contributed by atoms with Crippen molar-refractivity contribution in [2.75, 3.05) is 19.6 Å². The Morgan fingerprint density at radius 1 is 1.48 bits per heavy atom. The largest absolute Gasteiger partial charge is 0.487 e. The summed E-state index contributed by atoms with van der Waals surface area (Å²) in [5.41, 5.74) is 3.29. The number of carbonyl (C=O) groups excluding carboxylic acids is 1. The van der Waals surface area contributed by atoms with E-state index in [0.29, 0.717) is 23.8 Å². The highest BCUT2D eigenvalue weighted by Crippen LogP contribution is 2.15. The van der Waals surface area contributed by atoms with Gasteiger partial charge >= 0.3 is 0 Å². The lowest BCUT2D eigenvalue weighted by molar-refractivity contribution is 0.0941. The van der Waals surface area contributed by atoms with Crippen molar-refractivity contribution in [2.24, 2.45) is 5.92 Å². The monoisotopic (exact) mass is 303 g/mol. The van der Waals surface area contributed by atoms with Crippen LogP contribution in [0.2, 0.25) is 0 Å².